The Morgan fingerprint density at radius 2 is 1.45 bits per heavy atom. The number of anilines is 1. The molecule has 6 nitrogen and oxygen atoms in total. The van der Waals surface area contributed by atoms with E-state index in [2.05, 4.69) is 5.32 Å². The van der Waals surface area contributed by atoms with Gasteiger partial charge in [-0.1, -0.05) is 42.5 Å². The highest BCUT2D eigenvalue weighted by Crippen LogP contribution is 2.16. The van der Waals surface area contributed by atoms with E-state index in [-0.39, 0.29) is 24.1 Å². The predicted octanol–water partition coefficient (Wildman–Crippen LogP) is 3.62. The van der Waals surface area contributed by atoms with Crippen molar-refractivity contribution in [1.29, 1.82) is 0 Å². The van der Waals surface area contributed by atoms with E-state index in [1.807, 2.05) is 24.3 Å². The number of benzene rings is 3. The number of hydrogen-bond donors (Lipinski definition) is 1. The van der Waals surface area contributed by atoms with Gasteiger partial charge in [0, 0.05) is 23.9 Å². The molecule has 6 heteroatoms. The van der Waals surface area contributed by atoms with Gasteiger partial charge in [0.25, 0.3) is 11.8 Å². The number of hydrogen-bond acceptors (Lipinski definition) is 4. The first-order valence-corrected chi connectivity index (χ1v) is 9.00. The standard InChI is InChI=1S/C23H20N2O4/c1-25(23(28)17-9-4-2-5-10-17)16-21(26)29-20-14-8-11-18(15-20)22(27)24-19-12-6-3-7-13-19/h2-15H,16H2,1H3,(H,24,27). The van der Waals surface area contributed by atoms with Gasteiger partial charge in [-0.2, -0.15) is 0 Å². The zero-order valence-corrected chi connectivity index (χ0v) is 15.9. The van der Waals surface area contributed by atoms with Crippen molar-refractivity contribution in [2.75, 3.05) is 18.9 Å². The van der Waals surface area contributed by atoms with Crippen molar-refractivity contribution in [3.05, 3.63) is 96.1 Å². The molecule has 3 aromatic rings. The van der Waals surface area contributed by atoms with Crippen molar-refractivity contribution in [3.8, 4) is 5.75 Å². The van der Waals surface area contributed by atoms with E-state index in [9.17, 15) is 14.4 Å². The second-order valence-electron chi connectivity index (χ2n) is 6.35. The van der Waals surface area contributed by atoms with Crippen LogP contribution in [0.25, 0.3) is 0 Å². The molecule has 0 radical (unpaired) electrons. The number of ether oxygens (including phenoxy) is 1. The lowest BCUT2D eigenvalue weighted by atomic mass is 10.2. The van der Waals surface area contributed by atoms with Crippen LogP contribution in [0.3, 0.4) is 0 Å². The Morgan fingerprint density at radius 1 is 0.828 bits per heavy atom. The van der Waals surface area contributed by atoms with Gasteiger partial charge in [-0.25, -0.2) is 4.79 Å². The number of carbonyl (C=O) groups is 3. The van der Waals surface area contributed by atoms with Gasteiger partial charge in [0.05, 0.1) is 0 Å². The zero-order valence-electron chi connectivity index (χ0n) is 15.9. The smallest absolute Gasteiger partial charge is 0.331 e. The minimum Gasteiger partial charge on any atom is -0.425 e. The summed E-state index contributed by atoms with van der Waals surface area (Å²) >= 11 is 0. The van der Waals surface area contributed by atoms with Gasteiger partial charge in [0.2, 0.25) is 0 Å². The van der Waals surface area contributed by atoms with E-state index >= 15 is 0 Å². The number of nitrogens with one attached hydrogen (secondary N) is 1. The quantitative estimate of drug-likeness (QED) is 0.517. The highest BCUT2D eigenvalue weighted by molar-refractivity contribution is 6.04. The Kier molecular flexibility index (Phi) is 6.37. The molecule has 3 aromatic carbocycles. The molecular formula is C23H20N2O4. The Morgan fingerprint density at radius 3 is 2.14 bits per heavy atom. The summed E-state index contributed by atoms with van der Waals surface area (Å²) in [5, 5.41) is 2.77. The first-order valence-electron chi connectivity index (χ1n) is 9.00. The van der Waals surface area contributed by atoms with Crippen molar-refractivity contribution < 1.29 is 19.1 Å². The molecule has 2 amide bonds. The summed E-state index contributed by atoms with van der Waals surface area (Å²) in [6.07, 6.45) is 0. The summed E-state index contributed by atoms with van der Waals surface area (Å²) in [4.78, 5) is 38.2. The molecule has 146 valence electrons. The summed E-state index contributed by atoms with van der Waals surface area (Å²) in [6, 6.07) is 24.0. The summed E-state index contributed by atoms with van der Waals surface area (Å²) in [5.74, 6) is -0.960. The normalized spacial score (nSPS) is 10.1. The number of amides is 2. The number of para-hydroxylation sites is 1. The highest BCUT2D eigenvalue weighted by atomic mass is 16.5. The molecule has 29 heavy (non-hydrogen) atoms. The third-order valence-electron chi connectivity index (χ3n) is 4.09. The van der Waals surface area contributed by atoms with Gasteiger partial charge in [0.1, 0.15) is 12.3 Å². The van der Waals surface area contributed by atoms with E-state index in [1.54, 1.807) is 54.6 Å². The summed E-state index contributed by atoms with van der Waals surface area (Å²) in [6.45, 7) is -0.214. The molecular weight excluding hydrogens is 368 g/mol. The third-order valence-corrected chi connectivity index (χ3v) is 4.09. The van der Waals surface area contributed by atoms with E-state index in [0.717, 1.165) is 0 Å². The minimum atomic E-state index is -0.600. The third kappa shape index (κ3) is 5.52. The molecule has 0 aromatic heterocycles. The lowest BCUT2D eigenvalue weighted by Crippen LogP contribution is -2.34. The minimum absolute atomic E-state index is 0.214. The van der Waals surface area contributed by atoms with Crippen molar-refractivity contribution in [1.82, 2.24) is 4.90 Å². The lowest BCUT2D eigenvalue weighted by Gasteiger charge is -2.16. The van der Waals surface area contributed by atoms with Gasteiger partial charge in [-0.3, -0.25) is 9.59 Å². The SMILES string of the molecule is CN(CC(=O)Oc1cccc(C(=O)Nc2ccccc2)c1)C(=O)c1ccccc1. The fraction of sp³-hybridized carbons (Fsp3) is 0.0870. The van der Waals surface area contributed by atoms with E-state index in [4.69, 9.17) is 4.74 Å². The van der Waals surface area contributed by atoms with Crippen molar-refractivity contribution in [2.45, 2.75) is 0 Å². The molecule has 0 heterocycles. The molecule has 0 spiro atoms. The van der Waals surface area contributed by atoms with Crippen LogP contribution in [0.15, 0.2) is 84.9 Å². The second kappa shape index (κ2) is 9.32. The number of nitrogens with zero attached hydrogens (tertiary/aromatic N) is 1. The molecule has 3 rings (SSSR count). The van der Waals surface area contributed by atoms with Crippen LogP contribution in [0.4, 0.5) is 5.69 Å². The fourth-order valence-corrected chi connectivity index (χ4v) is 2.66. The van der Waals surface area contributed by atoms with Gasteiger partial charge < -0.3 is 15.0 Å². The fourth-order valence-electron chi connectivity index (χ4n) is 2.66. The summed E-state index contributed by atoms with van der Waals surface area (Å²) in [7, 11) is 1.53. The van der Waals surface area contributed by atoms with Crippen molar-refractivity contribution in [2.24, 2.45) is 0 Å². The molecule has 0 aliphatic carbocycles. The van der Waals surface area contributed by atoms with Crippen LogP contribution in [-0.4, -0.2) is 36.3 Å². The van der Waals surface area contributed by atoms with Crippen LogP contribution in [-0.2, 0) is 4.79 Å². The average Bonchev–Trinajstić information content (AvgIpc) is 2.74. The molecule has 1 N–H and O–H groups in total. The lowest BCUT2D eigenvalue weighted by molar-refractivity contribution is -0.134. The molecule has 0 bridgehead atoms. The van der Waals surface area contributed by atoms with E-state index in [1.165, 1.54) is 18.0 Å². The Hall–Kier alpha value is -3.93. The van der Waals surface area contributed by atoms with Crippen molar-refractivity contribution in [3.63, 3.8) is 0 Å². The summed E-state index contributed by atoms with van der Waals surface area (Å²) < 4.78 is 5.30. The first kappa shape index (κ1) is 19.8. The molecule has 0 saturated heterocycles. The van der Waals surface area contributed by atoms with Crippen LogP contribution >= 0.6 is 0 Å². The van der Waals surface area contributed by atoms with E-state index in [0.29, 0.717) is 16.8 Å². The van der Waals surface area contributed by atoms with Crippen LogP contribution in [0, 0.1) is 0 Å². The maximum absolute atomic E-state index is 12.4. The topological polar surface area (TPSA) is 75.7 Å². The molecule has 0 unspecified atom stereocenters. The molecule has 0 aliphatic rings. The molecule has 0 aliphatic heterocycles. The second-order valence-corrected chi connectivity index (χ2v) is 6.35. The van der Waals surface area contributed by atoms with Gasteiger partial charge in [-0.15, -0.1) is 0 Å². The van der Waals surface area contributed by atoms with Crippen LogP contribution in [0.1, 0.15) is 20.7 Å². The average molecular weight is 388 g/mol. The van der Waals surface area contributed by atoms with Crippen molar-refractivity contribution >= 4 is 23.5 Å². The van der Waals surface area contributed by atoms with E-state index < -0.39 is 5.97 Å². The number of esters is 1. The van der Waals surface area contributed by atoms with Crippen LogP contribution < -0.4 is 10.1 Å². The zero-order chi connectivity index (χ0) is 20.6. The number of likely N-dealkylation sites (N-methyl/N-ethyl adjacent to an activating group) is 1. The highest BCUT2D eigenvalue weighted by Gasteiger charge is 2.16. The maximum Gasteiger partial charge on any atom is 0.331 e. The van der Waals surface area contributed by atoms with Crippen LogP contribution in [0.5, 0.6) is 5.75 Å². The molecule has 0 atom stereocenters. The largest absolute Gasteiger partial charge is 0.425 e. The summed E-state index contributed by atoms with van der Waals surface area (Å²) in [5.41, 5.74) is 1.51. The molecule has 0 saturated carbocycles. The monoisotopic (exact) mass is 388 g/mol. The predicted molar refractivity (Wildman–Crippen MR) is 110 cm³/mol. The Bertz CT molecular complexity index is 1000. The van der Waals surface area contributed by atoms with Gasteiger partial charge in [-0.05, 0) is 42.5 Å². The number of carbonyl (C=O) groups excluding carboxylic acids is 3. The first-order chi connectivity index (χ1) is 14.0. The van der Waals surface area contributed by atoms with Crippen LogP contribution in [0.2, 0.25) is 0 Å². The van der Waals surface area contributed by atoms with Gasteiger partial charge >= 0.3 is 5.97 Å². The maximum atomic E-state index is 12.4. The van der Waals surface area contributed by atoms with Gasteiger partial charge in [0.15, 0.2) is 0 Å². The number of rotatable bonds is 6. The Labute approximate surface area is 168 Å². The Balaban J connectivity index is 1.60. The molecule has 0 fully saturated rings.